The number of hydrogen-bond donors (Lipinski definition) is 0. The van der Waals surface area contributed by atoms with Crippen LogP contribution in [-0.2, 0) is 0 Å². The van der Waals surface area contributed by atoms with Gasteiger partial charge in [-0.1, -0.05) is 35.4 Å². The van der Waals surface area contributed by atoms with E-state index in [1.165, 1.54) is 11.1 Å². The smallest absolute Gasteiger partial charge is 0.131 e. The lowest BCUT2D eigenvalue weighted by molar-refractivity contribution is 1.15. The molecular formula is C34H18N6S3. The highest BCUT2D eigenvalue weighted by atomic mass is 32.1. The molecular weight excluding hydrogens is 589 g/mol. The summed E-state index contributed by atoms with van der Waals surface area (Å²) in [6.07, 6.45) is 3.29. The summed E-state index contributed by atoms with van der Waals surface area (Å²) in [5, 5.41) is 37.5. The first-order valence-electron chi connectivity index (χ1n) is 13.2. The molecule has 0 aliphatic carbocycles. The Morgan fingerprint density at radius 2 is 0.930 bits per heavy atom. The summed E-state index contributed by atoms with van der Waals surface area (Å²) in [6.45, 7) is 4.14. The summed E-state index contributed by atoms with van der Waals surface area (Å²) in [5.41, 5.74) is 8.75. The van der Waals surface area contributed by atoms with Gasteiger partial charge < -0.3 is 9.13 Å². The van der Waals surface area contributed by atoms with Gasteiger partial charge in [0.2, 0.25) is 0 Å². The number of hydrogen-bond acceptors (Lipinski definition) is 7. The third-order valence-corrected chi connectivity index (χ3v) is 10.9. The Labute approximate surface area is 258 Å². The molecule has 0 aliphatic rings. The van der Waals surface area contributed by atoms with E-state index in [-0.39, 0.29) is 11.1 Å². The van der Waals surface area contributed by atoms with Crippen LogP contribution >= 0.6 is 34.0 Å². The van der Waals surface area contributed by atoms with Crippen molar-refractivity contribution in [3.63, 3.8) is 0 Å². The van der Waals surface area contributed by atoms with Gasteiger partial charge in [0.25, 0.3) is 0 Å². The van der Waals surface area contributed by atoms with Crippen LogP contribution in [0.2, 0.25) is 0 Å². The molecule has 0 atom stereocenters. The van der Waals surface area contributed by atoms with Crippen molar-refractivity contribution in [3.05, 3.63) is 92.7 Å². The van der Waals surface area contributed by atoms with Crippen LogP contribution < -0.4 is 0 Å². The van der Waals surface area contributed by atoms with Crippen LogP contribution in [0.3, 0.4) is 0 Å². The predicted octanol–water partition coefficient (Wildman–Crippen LogP) is 9.54. The highest BCUT2D eigenvalue weighted by molar-refractivity contribution is 7.34. The Hall–Kier alpha value is -5.42. The monoisotopic (exact) mass is 606 g/mol. The fraction of sp³-hybridized carbons (Fsp3) is 0.0588. The van der Waals surface area contributed by atoms with Gasteiger partial charge in [-0.3, -0.25) is 0 Å². The van der Waals surface area contributed by atoms with Crippen LogP contribution in [-0.4, -0.2) is 9.13 Å². The van der Waals surface area contributed by atoms with Crippen LogP contribution in [0.4, 0.5) is 0 Å². The zero-order valence-corrected chi connectivity index (χ0v) is 25.3. The number of aromatic nitrogens is 2. The number of nitriles is 4. The van der Waals surface area contributed by atoms with E-state index >= 15 is 0 Å². The molecule has 2 aromatic carbocycles. The van der Waals surface area contributed by atoms with E-state index in [4.69, 9.17) is 0 Å². The third kappa shape index (κ3) is 4.16. The van der Waals surface area contributed by atoms with Crippen molar-refractivity contribution in [1.82, 2.24) is 9.13 Å². The molecule has 5 aromatic heterocycles. The van der Waals surface area contributed by atoms with Crippen molar-refractivity contribution in [2.45, 2.75) is 13.8 Å². The summed E-state index contributed by atoms with van der Waals surface area (Å²) < 4.78 is 9.01. The number of aryl methyl sites for hydroxylation is 2. The van der Waals surface area contributed by atoms with Gasteiger partial charge >= 0.3 is 0 Å². The minimum Gasteiger partial charge on any atom is -0.306 e. The van der Waals surface area contributed by atoms with Gasteiger partial charge in [0, 0.05) is 21.1 Å². The molecule has 0 saturated heterocycles. The molecule has 0 fully saturated rings. The standard InChI is InChI=1S/C34H18N6S3/c1-19-3-7-23(8-4-19)39-27-13-25(11-21(15-35)16-36)41-31(27)33-29(39)30-34(43-33)32-28(14-26(42-32)12-22(17-37)18-38)40(30)24-9-5-20(2)6-10-24/h3-14H,1-2H3. The highest BCUT2D eigenvalue weighted by Gasteiger charge is 2.26. The van der Waals surface area contributed by atoms with Gasteiger partial charge in [0.1, 0.15) is 35.4 Å². The molecule has 0 amide bonds. The lowest BCUT2D eigenvalue weighted by atomic mass is 10.2. The van der Waals surface area contributed by atoms with Crippen molar-refractivity contribution in [2.75, 3.05) is 0 Å². The van der Waals surface area contributed by atoms with Crippen molar-refractivity contribution >= 4 is 87.0 Å². The summed E-state index contributed by atoms with van der Waals surface area (Å²) in [7, 11) is 0. The molecule has 7 aromatic rings. The van der Waals surface area contributed by atoms with E-state index in [1.54, 1.807) is 46.2 Å². The molecule has 7 rings (SSSR count). The molecule has 0 saturated carbocycles. The van der Waals surface area contributed by atoms with E-state index < -0.39 is 0 Å². The van der Waals surface area contributed by atoms with E-state index in [2.05, 4.69) is 83.6 Å². The molecule has 0 radical (unpaired) electrons. The zero-order valence-electron chi connectivity index (χ0n) is 22.8. The summed E-state index contributed by atoms with van der Waals surface area (Å²) in [6, 6.07) is 28.9. The van der Waals surface area contributed by atoms with Crippen molar-refractivity contribution < 1.29 is 0 Å². The average molecular weight is 607 g/mol. The number of nitrogens with zero attached hydrogens (tertiary/aromatic N) is 6. The molecule has 0 spiro atoms. The first-order chi connectivity index (χ1) is 20.9. The number of allylic oxidation sites excluding steroid dienone is 2. The third-order valence-electron chi connectivity index (χ3n) is 7.30. The molecule has 5 heterocycles. The Kier molecular flexibility index (Phi) is 6.24. The van der Waals surface area contributed by atoms with Crippen LogP contribution in [0.25, 0.3) is 64.4 Å². The molecule has 0 aliphatic heterocycles. The second kappa shape index (κ2) is 10.1. The molecule has 0 N–H and O–H groups in total. The Morgan fingerprint density at radius 3 is 1.28 bits per heavy atom. The SMILES string of the molecule is Cc1ccc(-n2c3cc(C=C(C#N)C#N)sc3c3sc4c5sc(C=C(C#N)C#N)cc5n(-c5ccc(C)cc5)c4c32)cc1. The zero-order chi connectivity index (χ0) is 29.8. The van der Waals surface area contributed by atoms with Crippen LogP contribution in [0, 0.1) is 59.2 Å². The van der Waals surface area contributed by atoms with E-state index in [1.807, 2.05) is 24.3 Å². The fourth-order valence-corrected chi connectivity index (χ4v) is 9.09. The van der Waals surface area contributed by atoms with Crippen molar-refractivity contribution in [1.29, 1.82) is 21.0 Å². The minimum absolute atomic E-state index is 0.0687. The van der Waals surface area contributed by atoms with Crippen LogP contribution in [0.5, 0.6) is 0 Å². The second-order valence-corrected chi connectivity index (χ2v) is 13.3. The summed E-state index contributed by atoms with van der Waals surface area (Å²) in [5.74, 6) is 0. The Bertz CT molecular complexity index is 2290. The normalized spacial score (nSPS) is 10.9. The number of rotatable bonds is 4. The summed E-state index contributed by atoms with van der Waals surface area (Å²) >= 11 is 4.87. The molecule has 9 heteroatoms. The van der Waals surface area contributed by atoms with Crippen molar-refractivity contribution in [3.8, 4) is 35.7 Å². The maximum Gasteiger partial charge on any atom is 0.131 e. The van der Waals surface area contributed by atoms with Gasteiger partial charge in [-0.15, -0.1) is 34.0 Å². The summed E-state index contributed by atoms with van der Waals surface area (Å²) in [4.78, 5) is 1.69. The lowest BCUT2D eigenvalue weighted by Gasteiger charge is -2.10. The minimum atomic E-state index is 0.0687. The topological polar surface area (TPSA) is 105 Å². The van der Waals surface area contributed by atoms with Crippen molar-refractivity contribution in [2.24, 2.45) is 0 Å². The maximum absolute atomic E-state index is 9.37. The van der Waals surface area contributed by atoms with Gasteiger partial charge in [-0.25, -0.2) is 0 Å². The Morgan fingerprint density at radius 1 is 0.558 bits per heavy atom. The number of fused-ring (bicyclic) bond motifs is 7. The van der Waals surface area contributed by atoms with Gasteiger partial charge in [-0.2, -0.15) is 21.0 Å². The second-order valence-electron chi connectivity index (χ2n) is 10.1. The maximum atomic E-state index is 9.37. The van der Waals surface area contributed by atoms with E-state index in [0.29, 0.717) is 0 Å². The molecule has 0 unspecified atom stereocenters. The molecule has 202 valence electrons. The number of thiophene rings is 3. The van der Waals surface area contributed by atoms with E-state index in [0.717, 1.165) is 62.0 Å². The van der Waals surface area contributed by atoms with Gasteiger partial charge in [0.15, 0.2) is 0 Å². The average Bonchev–Trinajstić information content (AvgIpc) is 3.80. The van der Waals surface area contributed by atoms with E-state index in [9.17, 15) is 21.0 Å². The quantitative estimate of drug-likeness (QED) is 0.186. The van der Waals surface area contributed by atoms with Crippen LogP contribution in [0.1, 0.15) is 20.9 Å². The van der Waals surface area contributed by atoms with Gasteiger partial charge in [0.05, 0.1) is 40.9 Å². The lowest BCUT2D eigenvalue weighted by Crippen LogP contribution is -1.97. The van der Waals surface area contributed by atoms with Gasteiger partial charge in [-0.05, 0) is 62.4 Å². The Balaban J connectivity index is 1.64. The molecule has 0 bridgehead atoms. The van der Waals surface area contributed by atoms with Crippen LogP contribution in [0.15, 0.2) is 71.8 Å². The molecule has 43 heavy (non-hydrogen) atoms. The number of benzene rings is 2. The highest BCUT2D eigenvalue weighted by Crippen LogP contribution is 2.51. The predicted molar refractivity (Wildman–Crippen MR) is 177 cm³/mol. The molecule has 6 nitrogen and oxygen atoms in total. The fourth-order valence-electron chi connectivity index (χ4n) is 5.36. The first kappa shape index (κ1) is 26.5. The largest absolute Gasteiger partial charge is 0.306 e. The first-order valence-corrected chi connectivity index (χ1v) is 15.6.